The Labute approximate surface area is 218 Å². The molecule has 0 aliphatic heterocycles. The minimum Gasteiger partial charge on any atom is -0.481 e. The van der Waals surface area contributed by atoms with Gasteiger partial charge in [-0.1, -0.05) is 46.9 Å². The number of benzene rings is 1. The van der Waals surface area contributed by atoms with Crippen molar-refractivity contribution in [3.8, 4) is 11.8 Å². The molecule has 1 aromatic carbocycles. The molecule has 4 heterocycles. The van der Waals surface area contributed by atoms with Crippen molar-refractivity contribution in [2.45, 2.75) is 31.8 Å². The number of fused-ring (bicyclic) bond motifs is 2. The van der Waals surface area contributed by atoms with Crippen molar-refractivity contribution in [2.24, 2.45) is 0 Å². The van der Waals surface area contributed by atoms with Crippen LogP contribution < -0.4 is 5.32 Å². The summed E-state index contributed by atoms with van der Waals surface area (Å²) in [7, 11) is 0. The molecule has 0 saturated heterocycles. The van der Waals surface area contributed by atoms with Crippen LogP contribution in [0.15, 0.2) is 47.0 Å². The van der Waals surface area contributed by atoms with E-state index in [2.05, 4.69) is 32.1 Å². The highest BCUT2D eigenvalue weighted by atomic mass is 32.1. The number of anilines is 1. The average molecular weight is 531 g/mol. The van der Waals surface area contributed by atoms with E-state index in [1.165, 1.54) is 22.7 Å². The number of ether oxygens (including phenoxy) is 1. The van der Waals surface area contributed by atoms with Crippen LogP contribution in [0, 0.1) is 18.8 Å². The second-order valence-electron chi connectivity index (χ2n) is 8.58. The fraction of sp³-hybridized carbons (Fsp3) is 0.192. The van der Waals surface area contributed by atoms with Crippen molar-refractivity contribution < 1.29 is 23.8 Å². The van der Waals surface area contributed by atoms with Crippen molar-refractivity contribution >= 4 is 61.2 Å². The summed E-state index contributed by atoms with van der Waals surface area (Å²) < 4.78 is 11.2. The van der Waals surface area contributed by atoms with E-state index in [1.54, 1.807) is 18.3 Å². The highest BCUT2D eigenvalue weighted by Gasteiger charge is 2.54. The fourth-order valence-corrected chi connectivity index (χ4v) is 5.99. The zero-order valence-corrected chi connectivity index (χ0v) is 21.0. The zero-order valence-electron chi connectivity index (χ0n) is 19.4. The number of aromatic nitrogens is 3. The molecular formula is C26H18N4O5S2. The molecule has 0 spiro atoms. The summed E-state index contributed by atoms with van der Waals surface area (Å²) in [6, 6.07) is 11.2. The van der Waals surface area contributed by atoms with Gasteiger partial charge in [-0.05, 0) is 54.9 Å². The van der Waals surface area contributed by atoms with Crippen LogP contribution in [0.2, 0.25) is 0 Å². The number of nitrogens with zero attached hydrogens (tertiary/aromatic N) is 3. The molecule has 0 bridgehead atoms. The average Bonchev–Trinajstić information content (AvgIpc) is 3.32. The maximum atomic E-state index is 12.6. The van der Waals surface area contributed by atoms with Crippen LogP contribution >= 0.6 is 22.7 Å². The smallest absolute Gasteiger partial charge is 0.412 e. The molecule has 184 valence electrons. The van der Waals surface area contributed by atoms with Crippen LogP contribution in [-0.4, -0.2) is 32.1 Å². The quantitative estimate of drug-likeness (QED) is 0.287. The summed E-state index contributed by atoms with van der Waals surface area (Å²) >= 11 is 2.57. The Bertz CT molecular complexity index is 1720. The van der Waals surface area contributed by atoms with Crippen LogP contribution in [0.1, 0.15) is 39.7 Å². The molecule has 4 aromatic heterocycles. The predicted octanol–water partition coefficient (Wildman–Crippen LogP) is 5.47. The lowest BCUT2D eigenvalue weighted by atomic mass is 10.1. The molecule has 9 nitrogen and oxygen atoms in total. The third-order valence-corrected chi connectivity index (χ3v) is 8.29. The van der Waals surface area contributed by atoms with Crippen molar-refractivity contribution in [1.82, 2.24) is 15.0 Å². The van der Waals surface area contributed by atoms with E-state index in [-0.39, 0.29) is 12.4 Å². The molecule has 2 N–H and O–H groups in total. The standard InChI is InChI=1S/C26H18N4O5S2/c1-14-5-2-3-6-15(14)13-34-25(33)29-19-16-7-4-12-27-20(16)35-17(19)8-9-18-28-21-22(36-18)30-23(37-21)26(10-11-26)24(31)32/h2-7,12H,10-11,13H2,1H3,(H,29,33)(H,31,32). The van der Waals surface area contributed by atoms with Crippen molar-refractivity contribution in [3.63, 3.8) is 0 Å². The molecule has 1 aliphatic carbocycles. The highest BCUT2D eigenvalue weighted by Crippen LogP contribution is 2.50. The molecule has 0 atom stereocenters. The van der Waals surface area contributed by atoms with Gasteiger partial charge in [0.05, 0.1) is 5.39 Å². The summed E-state index contributed by atoms with van der Waals surface area (Å²) in [6.07, 6.45) is 2.14. The van der Waals surface area contributed by atoms with Crippen LogP contribution in [0.25, 0.3) is 20.8 Å². The van der Waals surface area contributed by atoms with Gasteiger partial charge >= 0.3 is 12.1 Å². The fourth-order valence-electron chi connectivity index (χ4n) is 3.85. The summed E-state index contributed by atoms with van der Waals surface area (Å²) in [5.74, 6) is 5.28. The van der Waals surface area contributed by atoms with Crippen molar-refractivity contribution in [3.05, 3.63) is 69.5 Å². The normalized spacial score (nSPS) is 13.8. The molecule has 6 rings (SSSR count). The first-order valence-corrected chi connectivity index (χ1v) is 13.0. The number of thiazole rings is 2. The monoisotopic (exact) mass is 530 g/mol. The Morgan fingerprint density at radius 3 is 2.70 bits per heavy atom. The Balaban J connectivity index is 1.25. The van der Waals surface area contributed by atoms with Crippen LogP contribution in [0.3, 0.4) is 0 Å². The molecule has 1 amide bonds. The number of carbonyl (C=O) groups is 2. The maximum Gasteiger partial charge on any atom is 0.412 e. The van der Waals surface area contributed by atoms with Gasteiger partial charge in [0.1, 0.15) is 22.7 Å². The van der Waals surface area contributed by atoms with E-state index in [9.17, 15) is 14.7 Å². The topological polar surface area (TPSA) is 127 Å². The number of carbonyl (C=O) groups excluding carboxylic acids is 1. The molecule has 0 radical (unpaired) electrons. The van der Waals surface area contributed by atoms with Crippen molar-refractivity contribution in [2.75, 3.05) is 5.32 Å². The van der Waals surface area contributed by atoms with E-state index in [4.69, 9.17) is 9.15 Å². The lowest BCUT2D eigenvalue weighted by Crippen LogP contribution is -2.18. The predicted molar refractivity (Wildman–Crippen MR) is 139 cm³/mol. The number of carboxylic acids is 1. The molecule has 11 heteroatoms. The molecule has 1 fully saturated rings. The third kappa shape index (κ3) is 4.30. The minimum absolute atomic E-state index is 0.127. The van der Waals surface area contributed by atoms with E-state index >= 15 is 0 Å². The van der Waals surface area contributed by atoms with E-state index in [0.717, 1.165) is 11.1 Å². The minimum atomic E-state index is -0.855. The van der Waals surface area contributed by atoms with Crippen LogP contribution in [0.5, 0.6) is 0 Å². The Kier molecular flexibility index (Phi) is 5.62. The summed E-state index contributed by atoms with van der Waals surface area (Å²) in [4.78, 5) is 38.7. The largest absolute Gasteiger partial charge is 0.481 e. The first-order valence-electron chi connectivity index (χ1n) is 11.3. The Morgan fingerprint density at radius 2 is 1.95 bits per heavy atom. The molecule has 0 unspecified atom stereocenters. The van der Waals surface area contributed by atoms with Gasteiger partial charge in [-0.2, -0.15) is 0 Å². The maximum absolute atomic E-state index is 12.6. The highest BCUT2D eigenvalue weighted by molar-refractivity contribution is 7.26. The van der Waals surface area contributed by atoms with E-state index in [0.29, 0.717) is 49.3 Å². The van der Waals surface area contributed by atoms with E-state index in [1.807, 2.05) is 31.2 Å². The summed E-state index contributed by atoms with van der Waals surface area (Å²) in [6.45, 7) is 2.08. The number of pyridine rings is 1. The van der Waals surface area contributed by atoms with Gasteiger partial charge in [0.2, 0.25) is 11.5 Å². The van der Waals surface area contributed by atoms with Gasteiger partial charge in [0.15, 0.2) is 14.7 Å². The number of rotatable bonds is 5. The number of aryl methyl sites for hydroxylation is 1. The number of carboxylic acid groups (broad SMARTS) is 1. The summed E-state index contributed by atoms with van der Waals surface area (Å²) in [5, 5.41) is 13.9. The number of hydrogen-bond donors (Lipinski definition) is 2. The number of nitrogens with one attached hydrogen (secondary N) is 1. The van der Waals surface area contributed by atoms with Gasteiger partial charge in [0, 0.05) is 6.20 Å². The number of aliphatic carboxylic acids is 1. The van der Waals surface area contributed by atoms with Gasteiger partial charge in [-0.25, -0.2) is 19.7 Å². The molecule has 1 saturated carbocycles. The second-order valence-corrected chi connectivity index (χ2v) is 10.5. The van der Waals surface area contributed by atoms with Gasteiger partial charge in [-0.3, -0.25) is 10.1 Å². The van der Waals surface area contributed by atoms with Gasteiger partial charge in [0.25, 0.3) is 0 Å². The first-order chi connectivity index (χ1) is 17.9. The third-order valence-electron chi connectivity index (χ3n) is 6.14. The molecule has 1 aliphatic rings. The van der Waals surface area contributed by atoms with Crippen LogP contribution in [0.4, 0.5) is 10.5 Å². The SMILES string of the molecule is Cc1ccccc1COC(=O)Nc1c(C#Cc2nc3sc(C4(C(=O)O)CC4)nc3s2)oc2ncccc12. The number of hydrogen-bond acceptors (Lipinski definition) is 9. The second kappa shape index (κ2) is 8.99. The van der Waals surface area contributed by atoms with Crippen LogP contribution in [-0.2, 0) is 21.6 Å². The Hall–Kier alpha value is -4.27. The first kappa shape index (κ1) is 23.1. The molecular weight excluding hydrogens is 512 g/mol. The summed E-state index contributed by atoms with van der Waals surface area (Å²) in [5.41, 5.74) is 1.78. The molecule has 37 heavy (non-hydrogen) atoms. The Morgan fingerprint density at radius 1 is 1.14 bits per heavy atom. The lowest BCUT2D eigenvalue weighted by molar-refractivity contribution is -0.140. The number of furan rings is 1. The molecule has 5 aromatic rings. The van der Waals surface area contributed by atoms with Crippen molar-refractivity contribution in [1.29, 1.82) is 0 Å². The van der Waals surface area contributed by atoms with Gasteiger partial charge in [-0.15, -0.1) is 0 Å². The lowest BCUT2D eigenvalue weighted by Gasteiger charge is -2.08. The number of amides is 1. The zero-order chi connectivity index (χ0) is 25.6. The van der Waals surface area contributed by atoms with E-state index < -0.39 is 17.5 Å². The van der Waals surface area contributed by atoms with Gasteiger partial charge < -0.3 is 14.3 Å².